The first-order chi connectivity index (χ1) is 9.54. The van der Waals surface area contributed by atoms with E-state index >= 15 is 0 Å². The predicted octanol–water partition coefficient (Wildman–Crippen LogP) is 3.86. The van der Waals surface area contributed by atoms with Crippen LogP contribution in [0.2, 0.25) is 0 Å². The van der Waals surface area contributed by atoms with E-state index in [1.54, 1.807) is 24.3 Å². The van der Waals surface area contributed by atoms with E-state index < -0.39 is 10.0 Å². The fourth-order valence-corrected chi connectivity index (χ4v) is 4.07. The zero-order chi connectivity index (χ0) is 14.2. The lowest BCUT2D eigenvalue weighted by molar-refractivity contribution is 0.601. The molecule has 0 radical (unpaired) electrons. The Kier molecular flexibility index (Phi) is 3.49. The summed E-state index contributed by atoms with van der Waals surface area (Å²) in [4.78, 5) is 4.47. The van der Waals surface area contributed by atoms with Gasteiger partial charge in [0.05, 0.1) is 15.1 Å². The van der Waals surface area contributed by atoms with Crippen LogP contribution in [-0.2, 0) is 10.0 Å². The SMILES string of the molecule is O=S(=O)(Nc1nc2ccccc2s1)c1ccc(Br)cc1. The molecule has 0 bridgehead atoms. The van der Waals surface area contributed by atoms with Crippen LogP contribution >= 0.6 is 27.3 Å². The number of sulfonamides is 1. The van der Waals surface area contributed by atoms with Gasteiger partial charge in [0.1, 0.15) is 0 Å². The molecule has 0 saturated heterocycles. The molecular weight excluding hydrogens is 360 g/mol. The maximum absolute atomic E-state index is 12.2. The Labute approximate surface area is 128 Å². The first-order valence-corrected chi connectivity index (χ1v) is 8.78. The lowest BCUT2D eigenvalue weighted by Crippen LogP contribution is -2.12. The fourth-order valence-electron chi connectivity index (χ4n) is 1.70. The third-order valence-electron chi connectivity index (χ3n) is 2.64. The van der Waals surface area contributed by atoms with Gasteiger partial charge in [0.15, 0.2) is 5.13 Å². The van der Waals surface area contributed by atoms with Crippen LogP contribution < -0.4 is 4.72 Å². The van der Waals surface area contributed by atoms with E-state index in [1.165, 1.54) is 11.3 Å². The molecule has 102 valence electrons. The summed E-state index contributed by atoms with van der Waals surface area (Å²) in [6.07, 6.45) is 0. The van der Waals surface area contributed by atoms with E-state index in [2.05, 4.69) is 25.6 Å². The highest BCUT2D eigenvalue weighted by Gasteiger charge is 2.16. The molecule has 4 nitrogen and oxygen atoms in total. The summed E-state index contributed by atoms with van der Waals surface area (Å²) >= 11 is 4.59. The summed E-state index contributed by atoms with van der Waals surface area (Å²) in [6.45, 7) is 0. The molecule has 0 spiro atoms. The van der Waals surface area contributed by atoms with Gasteiger partial charge in [-0.05, 0) is 36.4 Å². The molecule has 3 rings (SSSR count). The minimum atomic E-state index is -3.60. The van der Waals surface area contributed by atoms with Crippen LogP contribution in [0.25, 0.3) is 10.2 Å². The maximum atomic E-state index is 12.2. The van der Waals surface area contributed by atoms with Gasteiger partial charge in [-0.2, -0.15) is 0 Å². The molecule has 7 heteroatoms. The Morgan fingerprint density at radius 1 is 1.05 bits per heavy atom. The van der Waals surface area contributed by atoms with Gasteiger partial charge in [0, 0.05) is 4.47 Å². The molecule has 0 fully saturated rings. The highest BCUT2D eigenvalue weighted by Crippen LogP contribution is 2.27. The molecule has 2 aromatic carbocycles. The largest absolute Gasteiger partial charge is 0.263 e. The summed E-state index contributed by atoms with van der Waals surface area (Å²) in [5.74, 6) is 0. The maximum Gasteiger partial charge on any atom is 0.263 e. The van der Waals surface area contributed by atoms with Crippen molar-refractivity contribution < 1.29 is 8.42 Å². The first kappa shape index (κ1) is 13.5. The molecule has 0 aliphatic heterocycles. The minimum absolute atomic E-state index is 0.208. The number of nitrogens with one attached hydrogen (secondary N) is 1. The lowest BCUT2D eigenvalue weighted by atomic mass is 10.3. The van der Waals surface area contributed by atoms with Crippen molar-refractivity contribution in [1.29, 1.82) is 0 Å². The number of fused-ring (bicyclic) bond motifs is 1. The number of benzene rings is 2. The van der Waals surface area contributed by atoms with Gasteiger partial charge < -0.3 is 0 Å². The van der Waals surface area contributed by atoms with Crippen LogP contribution in [0.3, 0.4) is 0 Å². The van der Waals surface area contributed by atoms with Gasteiger partial charge >= 0.3 is 0 Å². The van der Waals surface area contributed by atoms with Crippen molar-refractivity contribution in [3.05, 3.63) is 53.0 Å². The van der Waals surface area contributed by atoms with Crippen LogP contribution in [0, 0.1) is 0 Å². The van der Waals surface area contributed by atoms with E-state index in [9.17, 15) is 8.42 Å². The Balaban J connectivity index is 1.94. The van der Waals surface area contributed by atoms with Crippen LogP contribution in [0.1, 0.15) is 0 Å². The van der Waals surface area contributed by atoms with Crippen molar-refractivity contribution in [2.45, 2.75) is 4.90 Å². The molecule has 0 aliphatic carbocycles. The smallest absolute Gasteiger partial charge is 0.255 e. The topological polar surface area (TPSA) is 59.1 Å². The van der Waals surface area contributed by atoms with E-state index in [1.807, 2.05) is 24.3 Å². The number of anilines is 1. The van der Waals surface area contributed by atoms with Crippen molar-refractivity contribution in [2.24, 2.45) is 0 Å². The molecule has 0 atom stereocenters. The number of nitrogens with zero attached hydrogens (tertiary/aromatic N) is 1. The highest BCUT2D eigenvalue weighted by molar-refractivity contribution is 9.10. The quantitative estimate of drug-likeness (QED) is 0.763. The number of hydrogen-bond acceptors (Lipinski definition) is 4. The van der Waals surface area contributed by atoms with Gasteiger partial charge in [-0.25, -0.2) is 13.4 Å². The van der Waals surface area contributed by atoms with Crippen molar-refractivity contribution in [3.63, 3.8) is 0 Å². The van der Waals surface area contributed by atoms with Crippen molar-refractivity contribution >= 4 is 52.6 Å². The van der Waals surface area contributed by atoms with Crippen LogP contribution in [0.4, 0.5) is 5.13 Å². The molecule has 0 aliphatic rings. The van der Waals surface area contributed by atoms with Gasteiger partial charge in [-0.3, -0.25) is 4.72 Å². The zero-order valence-electron chi connectivity index (χ0n) is 10.1. The monoisotopic (exact) mass is 368 g/mol. The van der Waals surface area contributed by atoms with E-state index in [0.29, 0.717) is 5.13 Å². The number of thiazole rings is 1. The van der Waals surface area contributed by atoms with Crippen LogP contribution in [0.5, 0.6) is 0 Å². The second kappa shape index (κ2) is 5.16. The average Bonchev–Trinajstić information content (AvgIpc) is 2.80. The first-order valence-electron chi connectivity index (χ1n) is 5.68. The Morgan fingerprint density at radius 2 is 1.75 bits per heavy atom. The number of rotatable bonds is 3. The molecule has 1 heterocycles. The standard InChI is InChI=1S/C13H9BrN2O2S2/c14-9-5-7-10(8-6-9)20(17,18)16-13-15-11-3-1-2-4-12(11)19-13/h1-8H,(H,15,16). The van der Waals surface area contributed by atoms with Crippen molar-refractivity contribution in [2.75, 3.05) is 4.72 Å². The Bertz CT molecular complexity index is 824. The summed E-state index contributed by atoms with van der Waals surface area (Å²) in [5.41, 5.74) is 0.783. The number of halogens is 1. The normalized spacial score (nSPS) is 11.7. The van der Waals surface area contributed by atoms with E-state index in [0.717, 1.165) is 14.7 Å². The van der Waals surface area contributed by atoms with Gasteiger partial charge in [0.25, 0.3) is 10.0 Å². The van der Waals surface area contributed by atoms with Gasteiger partial charge in [-0.15, -0.1) is 0 Å². The molecule has 0 unspecified atom stereocenters. The van der Waals surface area contributed by atoms with E-state index in [-0.39, 0.29) is 4.90 Å². The summed E-state index contributed by atoms with van der Waals surface area (Å²) in [5, 5.41) is 0.370. The molecule has 3 aromatic rings. The fraction of sp³-hybridized carbons (Fsp3) is 0. The van der Waals surface area contributed by atoms with Crippen molar-refractivity contribution in [3.8, 4) is 0 Å². The molecule has 1 aromatic heterocycles. The summed E-state index contributed by atoms with van der Waals surface area (Å²) in [7, 11) is -3.60. The van der Waals surface area contributed by atoms with Crippen LogP contribution in [0.15, 0.2) is 57.9 Å². The van der Waals surface area contributed by atoms with Gasteiger partial charge in [-0.1, -0.05) is 39.4 Å². The third kappa shape index (κ3) is 2.70. The lowest BCUT2D eigenvalue weighted by Gasteiger charge is -2.04. The van der Waals surface area contributed by atoms with E-state index in [4.69, 9.17) is 0 Å². The minimum Gasteiger partial charge on any atom is -0.255 e. The summed E-state index contributed by atoms with van der Waals surface area (Å²) < 4.78 is 28.7. The molecule has 0 amide bonds. The molecule has 1 N–H and O–H groups in total. The predicted molar refractivity (Wildman–Crippen MR) is 84.6 cm³/mol. The van der Waals surface area contributed by atoms with Crippen molar-refractivity contribution in [1.82, 2.24) is 4.98 Å². The Hall–Kier alpha value is -1.44. The zero-order valence-corrected chi connectivity index (χ0v) is 13.3. The highest BCUT2D eigenvalue weighted by atomic mass is 79.9. The Morgan fingerprint density at radius 3 is 2.45 bits per heavy atom. The third-order valence-corrected chi connectivity index (χ3v) is 5.60. The number of hydrogen-bond donors (Lipinski definition) is 1. The second-order valence-corrected chi connectivity index (χ2v) is 7.67. The van der Waals surface area contributed by atoms with Gasteiger partial charge in [0.2, 0.25) is 0 Å². The average molecular weight is 369 g/mol. The molecule has 0 saturated carbocycles. The number of aromatic nitrogens is 1. The molecule has 20 heavy (non-hydrogen) atoms. The second-order valence-electron chi connectivity index (χ2n) is 4.05. The van der Waals surface area contributed by atoms with Crippen LogP contribution in [-0.4, -0.2) is 13.4 Å². The summed E-state index contributed by atoms with van der Waals surface area (Å²) in [6, 6.07) is 14.0. The molecular formula is C13H9BrN2O2S2. The number of para-hydroxylation sites is 1.